The molecule has 6 rings (SSSR count). The van der Waals surface area contributed by atoms with Crippen molar-refractivity contribution in [1.29, 1.82) is 0 Å². The van der Waals surface area contributed by atoms with Crippen LogP contribution in [0.1, 0.15) is 85.9 Å². The second-order valence-electron chi connectivity index (χ2n) is 12.3. The Balaban J connectivity index is 0.000000197. The molecule has 2 aliphatic rings. The van der Waals surface area contributed by atoms with Gasteiger partial charge >= 0.3 is 5.97 Å². The van der Waals surface area contributed by atoms with E-state index in [1.54, 1.807) is 15.2 Å². The highest BCUT2D eigenvalue weighted by atomic mass is 32.1. The predicted molar refractivity (Wildman–Crippen MR) is 199 cm³/mol. The number of hydrogen-bond acceptors (Lipinski definition) is 9. The summed E-state index contributed by atoms with van der Waals surface area (Å²) >= 11 is 8.96. The van der Waals surface area contributed by atoms with E-state index < -0.39 is 5.97 Å². The molecule has 12 N–H and O–H groups in total. The molecule has 4 aromatic rings. The number of fused-ring (bicyclic) bond motifs is 2. The van der Waals surface area contributed by atoms with Gasteiger partial charge in [0.05, 0.1) is 40.4 Å². The van der Waals surface area contributed by atoms with E-state index in [0.717, 1.165) is 29.6 Å². The van der Waals surface area contributed by atoms with Crippen molar-refractivity contribution in [2.45, 2.75) is 77.3 Å². The first-order valence-corrected chi connectivity index (χ1v) is 17.1. The molecule has 17 heteroatoms. The average molecular weight is 711 g/mol. The molecule has 2 fully saturated rings. The summed E-state index contributed by atoms with van der Waals surface area (Å²) in [5, 5.41) is 25.0. The van der Waals surface area contributed by atoms with E-state index in [2.05, 4.69) is 63.6 Å². The number of aromatic nitrogens is 4. The van der Waals surface area contributed by atoms with E-state index in [0.29, 0.717) is 35.2 Å². The van der Waals surface area contributed by atoms with Crippen LogP contribution in [-0.4, -0.2) is 58.5 Å². The Morgan fingerprint density at radius 1 is 0.776 bits per heavy atom. The molecule has 2 aliphatic carbocycles. The number of rotatable bonds is 6. The van der Waals surface area contributed by atoms with Gasteiger partial charge in [-0.15, -0.1) is 0 Å². The lowest BCUT2D eigenvalue weighted by Gasteiger charge is -2.31. The molecule has 15 nitrogen and oxygen atoms in total. The van der Waals surface area contributed by atoms with Crippen LogP contribution in [0.5, 0.6) is 0 Å². The van der Waals surface area contributed by atoms with Crippen LogP contribution >= 0.6 is 24.4 Å². The quantitative estimate of drug-likeness (QED) is 0.0793. The zero-order chi connectivity index (χ0) is 35.5. The van der Waals surface area contributed by atoms with E-state index in [1.807, 2.05) is 42.1 Å². The van der Waals surface area contributed by atoms with Crippen molar-refractivity contribution >= 4 is 68.9 Å². The highest BCUT2D eigenvalue weighted by Gasteiger charge is 2.26. The minimum atomic E-state index is -0.938. The maximum absolute atomic E-state index is 12.5. The Labute approximate surface area is 295 Å². The lowest BCUT2D eigenvalue weighted by Crippen LogP contribution is -2.44. The number of carbonyl (C=O) groups is 2. The molecule has 1 amide bonds. The van der Waals surface area contributed by atoms with Gasteiger partial charge in [-0.2, -0.15) is 10.2 Å². The lowest BCUT2D eigenvalue weighted by molar-refractivity contribution is 0.0697. The van der Waals surface area contributed by atoms with Crippen molar-refractivity contribution in [1.82, 2.24) is 35.5 Å². The maximum Gasteiger partial charge on any atom is 0.339 e. The maximum atomic E-state index is 12.5. The molecule has 4 unspecified atom stereocenters. The standard InChI is InChI=1S/C16H22N6OS.C15H19N3O2.CH5N3S/c1-10-5-2-3-6-12(10)19-14-11(15(23)20-21-16(17)24)9-18-22-8-4-7-13(14)22;1-10-5-2-3-6-12(10)17-14-11(15(19)20)9-16-18-8-4-7-13(14)18;2-1(5)4-3/h4,7-10,12,19H,2-3,5-6H2,1H3,(H,20,23)(H3,17,21,24);4,7-10,12,17H,2-3,5-6H2,1H3,(H,19,20);3H2,(H3,2,4,5). The summed E-state index contributed by atoms with van der Waals surface area (Å²) in [5.41, 5.74) is 21.0. The third-order valence-corrected chi connectivity index (χ3v) is 9.15. The number of amides is 1. The van der Waals surface area contributed by atoms with Crippen LogP contribution in [0, 0.1) is 11.8 Å². The zero-order valence-electron chi connectivity index (χ0n) is 27.7. The second-order valence-corrected chi connectivity index (χ2v) is 13.2. The topological polar surface area (TPSA) is 227 Å². The van der Waals surface area contributed by atoms with Gasteiger partial charge in [0.15, 0.2) is 10.2 Å². The molecule has 2 saturated carbocycles. The fraction of sp³-hybridized carbons (Fsp3) is 0.438. The largest absolute Gasteiger partial charge is 0.478 e. The summed E-state index contributed by atoms with van der Waals surface area (Å²) < 4.78 is 3.47. The summed E-state index contributed by atoms with van der Waals surface area (Å²) in [6, 6.07) is 8.31. The molecule has 0 bridgehead atoms. The first kappa shape index (κ1) is 37.1. The number of nitrogens with two attached hydrogens (primary N) is 3. The van der Waals surface area contributed by atoms with Crippen LogP contribution in [0.4, 0.5) is 11.4 Å². The van der Waals surface area contributed by atoms with Gasteiger partial charge in [0, 0.05) is 24.5 Å². The summed E-state index contributed by atoms with van der Waals surface area (Å²) in [6.45, 7) is 4.48. The number of hydrogen-bond donors (Lipinski definition) is 9. The summed E-state index contributed by atoms with van der Waals surface area (Å²) in [5.74, 6) is 4.51. The van der Waals surface area contributed by atoms with Gasteiger partial charge in [-0.25, -0.2) is 19.7 Å². The van der Waals surface area contributed by atoms with Gasteiger partial charge in [0.1, 0.15) is 5.56 Å². The van der Waals surface area contributed by atoms with Gasteiger partial charge in [0.25, 0.3) is 5.91 Å². The Bertz CT molecular complexity index is 1760. The molecule has 0 radical (unpaired) electrons. The summed E-state index contributed by atoms with van der Waals surface area (Å²) in [4.78, 5) is 23.9. The molecule has 4 aromatic heterocycles. The van der Waals surface area contributed by atoms with Crippen molar-refractivity contribution in [2.75, 3.05) is 10.6 Å². The number of carbonyl (C=O) groups excluding carboxylic acids is 1. The van der Waals surface area contributed by atoms with Crippen LogP contribution in [-0.2, 0) is 0 Å². The molecule has 4 heterocycles. The number of thiocarbonyl (C=S) groups is 2. The van der Waals surface area contributed by atoms with Crippen molar-refractivity contribution < 1.29 is 14.7 Å². The van der Waals surface area contributed by atoms with Crippen molar-refractivity contribution in [2.24, 2.45) is 29.1 Å². The highest BCUT2D eigenvalue weighted by molar-refractivity contribution is 7.80. The number of nitrogens with one attached hydrogen (secondary N) is 5. The zero-order valence-corrected chi connectivity index (χ0v) is 29.3. The molecule has 0 saturated heterocycles. The van der Waals surface area contributed by atoms with Gasteiger partial charge in [-0.1, -0.05) is 39.5 Å². The Morgan fingerprint density at radius 3 is 1.65 bits per heavy atom. The van der Waals surface area contributed by atoms with Gasteiger partial charge in [0.2, 0.25) is 0 Å². The molecule has 0 spiro atoms. The summed E-state index contributed by atoms with van der Waals surface area (Å²) in [6.07, 6.45) is 16.2. The van der Waals surface area contributed by atoms with Gasteiger partial charge < -0.3 is 32.6 Å². The SMILES string of the molecule is CC1CCCCC1Nc1c(C(=O)NNC(N)=S)cnn2cccc12.CC1CCCCC1Nc1c(C(=O)O)cnn2cccc12.NNC(N)=S. The van der Waals surface area contributed by atoms with Crippen LogP contribution in [0.2, 0.25) is 0 Å². The lowest BCUT2D eigenvalue weighted by atomic mass is 9.85. The first-order valence-electron chi connectivity index (χ1n) is 16.3. The molecule has 0 aliphatic heterocycles. The third-order valence-electron chi connectivity index (χ3n) is 8.93. The highest BCUT2D eigenvalue weighted by Crippen LogP contribution is 2.31. The van der Waals surface area contributed by atoms with Crippen LogP contribution in [0.15, 0.2) is 49.1 Å². The monoisotopic (exact) mass is 710 g/mol. The normalized spacial score (nSPS) is 20.1. The van der Waals surface area contributed by atoms with Crippen molar-refractivity contribution in [3.8, 4) is 0 Å². The second kappa shape index (κ2) is 17.6. The van der Waals surface area contributed by atoms with Crippen LogP contribution in [0.25, 0.3) is 11.0 Å². The summed E-state index contributed by atoms with van der Waals surface area (Å²) in [7, 11) is 0. The van der Waals surface area contributed by atoms with E-state index in [9.17, 15) is 14.7 Å². The predicted octanol–water partition coefficient (Wildman–Crippen LogP) is 3.52. The van der Waals surface area contributed by atoms with Gasteiger partial charge in [-0.3, -0.25) is 15.6 Å². The number of nitrogens with zero attached hydrogens (tertiary/aromatic N) is 4. The molecule has 0 aromatic carbocycles. The molecule has 264 valence electrons. The fourth-order valence-corrected chi connectivity index (χ4v) is 6.29. The van der Waals surface area contributed by atoms with Crippen LogP contribution in [0.3, 0.4) is 0 Å². The molecule has 49 heavy (non-hydrogen) atoms. The molecular formula is C32H46N12O3S2. The number of carboxylic acids is 1. The first-order chi connectivity index (χ1) is 23.5. The van der Waals surface area contributed by atoms with Crippen molar-refractivity contribution in [3.63, 3.8) is 0 Å². The number of hydrazine groups is 2. The Morgan fingerprint density at radius 2 is 1.22 bits per heavy atom. The van der Waals surface area contributed by atoms with E-state index in [-0.39, 0.29) is 21.7 Å². The van der Waals surface area contributed by atoms with E-state index in [1.165, 1.54) is 44.7 Å². The third kappa shape index (κ3) is 9.90. The fourth-order valence-electron chi connectivity index (χ4n) is 6.24. The van der Waals surface area contributed by atoms with Gasteiger partial charge in [-0.05, 0) is 86.2 Å². The minimum Gasteiger partial charge on any atom is -0.478 e. The molecule has 4 atom stereocenters. The minimum absolute atomic E-state index is 0.00971. The number of aromatic carboxylic acids is 1. The molecular weight excluding hydrogens is 665 g/mol. The van der Waals surface area contributed by atoms with E-state index >= 15 is 0 Å². The number of anilines is 2. The average Bonchev–Trinajstić information content (AvgIpc) is 3.77. The smallest absolute Gasteiger partial charge is 0.339 e. The van der Waals surface area contributed by atoms with Crippen molar-refractivity contribution in [3.05, 3.63) is 60.2 Å². The van der Waals surface area contributed by atoms with Crippen LogP contribution < -0.4 is 44.2 Å². The van der Waals surface area contributed by atoms with E-state index in [4.69, 9.17) is 23.7 Å². The Hall–Kier alpha value is -4.74. The Kier molecular flexibility index (Phi) is 13.3. The number of carboxylic acid groups (broad SMARTS) is 1.